The van der Waals surface area contributed by atoms with Gasteiger partial charge in [-0.3, -0.25) is 4.99 Å². The highest BCUT2D eigenvalue weighted by molar-refractivity contribution is 5.79. The number of rotatable bonds is 9. The summed E-state index contributed by atoms with van der Waals surface area (Å²) in [4.78, 5) is 11.5. The fourth-order valence-electron chi connectivity index (χ4n) is 3.98. The molecule has 1 aromatic heterocycles. The molecule has 1 aliphatic heterocycles. The zero-order valence-electron chi connectivity index (χ0n) is 18.0. The predicted molar refractivity (Wildman–Crippen MR) is 120 cm³/mol. The van der Waals surface area contributed by atoms with Crippen LogP contribution in [0.15, 0.2) is 47.7 Å². The Bertz CT molecular complexity index is 739. The molecule has 0 aliphatic carbocycles. The highest BCUT2D eigenvalue weighted by atomic mass is 15.2. The second-order valence-electron chi connectivity index (χ2n) is 7.87. The smallest absolute Gasteiger partial charge is 0.190 e. The van der Waals surface area contributed by atoms with Gasteiger partial charge in [-0.15, -0.1) is 0 Å². The molecule has 1 aromatic carbocycles. The lowest BCUT2D eigenvalue weighted by Gasteiger charge is -2.33. The van der Waals surface area contributed by atoms with E-state index in [1.807, 2.05) is 19.3 Å². The Labute approximate surface area is 175 Å². The van der Waals surface area contributed by atoms with E-state index < -0.39 is 0 Å². The van der Waals surface area contributed by atoms with Crippen LogP contribution in [0.3, 0.4) is 0 Å². The van der Waals surface area contributed by atoms with E-state index in [0.29, 0.717) is 0 Å². The largest absolute Gasteiger partial charge is 0.356 e. The summed E-state index contributed by atoms with van der Waals surface area (Å²) in [6.07, 6.45) is 10.0. The van der Waals surface area contributed by atoms with Crippen molar-refractivity contribution in [3.63, 3.8) is 0 Å². The molecule has 2 aromatic rings. The predicted octanol–water partition coefficient (Wildman–Crippen LogP) is 2.90. The van der Waals surface area contributed by atoms with Crippen molar-refractivity contribution in [1.82, 2.24) is 25.1 Å². The molecule has 0 bridgehead atoms. The zero-order valence-corrected chi connectivity index (χ0v) is 18.0. The van der Waals surface area contributed by atoms with Crippen LogP contribution >= 0.6 is 0 Å². The van der Waals surface area contributed by atoms with E-state index in [1.165, 1.54) is 37.9 Å². The Morgan fingerprint density at radius 2 is 2.00 bits per heavy atom. The molecule has 0 spiro atoms. The maximum Gasteiger partial charge on any atom is 0.190 e. The van der Waals surface area contributed by atoms with Crippen LogP contribution in [0, 0.1) is 0 Å². The number of piperidine rings is 1. The van der Waals surface area contributed by atoms with Gasteiger partial charge in [-0.2, -0.15) is 0 Å². The summed E-state index contributed by atoms with van der Waals surface area (Å²) in [5.41, 5.74) is 1.29. The first-order valence-corrected chi connectivity index (χ1v) is 11.0. The summed E-state index contributed by atoms with van der Waals surface area (Å²) in [5, 5.41) is 6.86. The van der Waals surface area contributed by atoms with Gasteiger partial charge < -0.3 is 20.1 Å². The van der Waals surface area contributed by atoms with Gasteiger partial charge in [0.15, 0.2) is 5.96 Å². The standard InChI is InChI=1S/C23H36N6/c1-20-9-6-7-16-28(20)17-8-13-26-23(24-2)27-14-12-22-25-15-18-29(22)19-21-10-4-3-5-11-21/h3-5,10-11,15,18,20H,6-9,12-14,16-17,19H2,1-2H3,(H2,24,26,27). The van der Waals surface area contributed by atoms with Crippen LogP contribution in [-0.2, 0) is 13.0 Å². The zero-order chi connectivity index (χ0) is 20.3. The topological polar surface area (TPSA) is 57.5 Å². The maximum atomic E-state index is 4.53. The van der Waals surface area contributed by atoms with Gasteiger partial charge in [-0.05, 0) is 38.3 Å². The molecule has 29 heavy (non-hydrogen) atoms. The molecule has 1 unspecified atom stereocenters. The molecule has 2 heterocycles. The number of guanidine groups is 1. The van der Waals surface area contributed by atoms with Gasteiger partial charge in [-0.1, -0.05) is 36.8 Å². The minimum absolute atomic E-state index is 0.737. The van der Waals surface area contributed by atoms with Crippen LogP contribution in [0.25, 0.3) is 0 Å². The summed E-state index contributed by atoms with van der Waals surface area (Å²) < 4.78 is 2.22. The Kier molecular flexibility index (Phi) is 8.56. The number of hydrogen-bond donors (Lipinski definition) is 2. The van der Waals surface area contributed by atoms with Crippen LogP contribution in [0.4, 0.5) is 0 Å². The number of aromatic nitrogens is 2. The second kappa shape index (κ2) is 11.6. The molecular weight excluding hydrogens is 360 g/mol. The lowest BCUT2D eigenvalue weighted by molar-refractivity contribution is 0.159. The molecule has 1 fully saturated rings. The van der Waals surface area contributed by atoms with Crippen molar-refractivity contribution in [2.45, 2.75) is 51.6 Å². The van der Waals surface area contributed by atoms with Gasteiger partial charge in [0.2, 0.25) is 0 Å². The Hall–Kier alpha value is -2.34. The molecule has 1 atom stereocenters. The van der Waals surface area contributed by atoms with Crippen LogP contribution in [-0.4, -0.2) is 59.7 Å². The SMILES string of the molecule is CN=C(NCCCN1CCCCC1C)NCCc1nccn1Cc1ccccc1. The van der Waals surface area contributed by atoms with E-state index in [0.717, 1.165) is 50.3 Å². The van der Waals surface area contributed by atoms with Gasteiger partial charge in [0, 0.05) is 58.1 Å². The van der Waals surface area contributed by atoms with E-state index in [9.17, 15) is 0 Å². The molecule has 158 valence electrons. The van der Waals surface area contributed by atoms with Crippen molar-refractivity contribution in [1.29, 1.82) is 0 Å². The van der Waals surface area contributed by atoms with Gasteiger partial charge in [0.1, 0.15) is 5.82 Å². The monoisotopic (exact) mass is 396 g/mol. The van der Waals surface area contributed by atoms with E-state index in [-0.39, 0.29) is 0 Å². The first-order chi connectivity index (χ1) is 14.3. The van der Waals surface area contributed by atoms with Crippen molar-refractivity contribution >= 4 is 5.96 Å². The van der Waals surface area contributed by atoms with Crippen molar-refractivity contribution < 1.29 is 0 Å². The number of likely N-dealkylation sites (tertiary alicyclic amines) is 1. The average Bonchev–Trinajstić information content (AvgIpc) is 3.18. The number of hydrogen-bond acceptors (Lipinski definition) is 3. The molecule has 6 nitrogen and oxygen atoms in total. The second-order valence-corrected chi connectivity index (χ2v) is 7.87. The van der Waals surface area contributed by atoms with Crippen molar-refractivity contribution in [3.8, 4) is 0 Å². The van der Waals surface area contributed by atoms with Gasteiger partial charge in [0.05, 0.1) is 0 Å². The van der Waals surface area contributed by atoms with Crippen LogP contribution in [0.5, 0.6) is 0 Å². The summed E-state index contributed by atoms with van der Waals surface area (Å²) >= 11 is 0. The summed E-state index contributed by atoms with van der Waals surface area (Å²) in [6.45, 7) is 7.40. The number of nitrogens with zero attached hydrogens (tertiary/aromatic N) is 4. The third-order valence-electron chi connectivity index (χ3n) is 5.72. The first-order valence-electron chi connectivity index (χ1n) is 11.0. The third-order valence-corrected chi connectivity index (χ3v) is 5.72. The summed E-state index contributed by atoms with van der Waals surface area (Å²) in [7, 11) is 1.83. The lowest BCUT2D eigenvalue weighted by atomic mass is 10.0. The molecule has 0 radical (unpaired) electrons. The molecule has 1 saturated heterocycles. The minimum Gasteiger partial charge on any atom is -0.356 e. The highest BCUT2D eigenvalue weighted by Gasteiger charge is 2.17. The maximum absolute atomic E-state index is 4.53. The molecular formula is C23H36N6. The van der Waals surface area contributed by atoms with Gasteiger partial charge >= 0.3 is 0 Å². The average molecular weight is 397 g/mol. The normalized spacial score (nSPS) is 18.0. The van der Waals surface area contributed by atoms with Crippen LogP contribution in [0.1, 0.15) is 44.0 Å². The van der Waals surface area contributed by atoms with E-state index in [1.54, 1.807) is 0 Å². The minimum atomic E-state index is 0.737. The van der Waals surface area contributed by atoms with Gasteiger partial charge in [0.25, 0.3) is 0 Å². The first kappa shape index (κ1) is 21.4. The van der Waals surface area contributed by atoms with E-state index >= 15 is 0 Å². The Balaban J connectivity index is 1.35. The van der Waals surface area contributed by atoms with Gasteiger partial charge in [-0.25, -0.2) is 4.98 Å². The number of benzene rings is 1. The molecule has 0 saturated carbocycles. The van der Waals surface area contributed by atoms with Crippen molar-refractivity contribution in [3.05, 3.63) is 54.1 Å². The molecule has 6 heteroatoms. The Morgan fingerprint density at radius 3 is 2.79 bits per heavy atom. The highest BCUT2D eigenvalue weighted by Crippen LogP contribution is 2.16. The van der Waals surface area contributed by atoms with E-state index in [4.69, 9.17) is 0 Å². The van der Waals surface area contributed by atoms with Crippen LogP contribution in [0.2, 0.25) is 0 Å². The quantitative estimate of drug-likeness (QED) is 0.389. The fraction of sp³-hybridized carbons (Fsp3) is 0.565. The molecule has 0 amide bonds. The molecule has 2 N–H and O–H groups in total. The van der Waals surface area contributed by atoms with Crippen LogP contribution < -0.4 is 10.6 Å². The lowest BCUT2D eigenvalue weighted by Crippen LogP contribution is -2.41. The molecule has 3 rings (SSSR count). The number of nitrogens with one attached hydrogen (secondary N) is 2. The van der Waals surface area contributed by atoms with Crippen molar-refractivity contribution in [2.24, 2.45) is 4.99 Å². The number of imidazole rings is 1. The summed E-state index contributed by atoms with van der Waals surface area (Å²) in [6, 6.07) is 11.2. The third kappa shape index (κ3) is 6.89. The number of aliphatic imine (C=N–C) groups is 1. The van der Waals surface area contributed by atoms with Crippen molar-refractivity contribution in [2.75, 3.05) is 33.2 Å². The summed E-state index contributed by atoms with van der Waals surface area (Å²) in [5.74, 6) is 1.97. The fourth-order valence-corrected chi connectivity index (χ4v) is 3.98. The Morgan fingerprint density at radius 1 is 1.17 bits per heavy atom. The molecule has 1 aliphatic rings. The van der Waals surface area contributed by atoms with E-state index in [2.05, 4.69) is 67.5 Å².